The van der Waals surface area contributed by atoms with E-state index in [1.165, 1.54) is 0 Å². The van der Waals surface area contributed by atoms with Crippen LogP contribution >= 0.6 is 0 Å². The van der Waals surface area contributed by atoms with Gasteiger partial charge in [-0.05, 0) is 6.42 Å². The molecule has 0 unspecified atom stereocenters. The molecule has 0 saturated carbocycles. The molecular formula is C5H11NaO3. The average molecular weight is 142 g/mol. The predicted molar refractivity (Wildman–Crippen MR) is 29.9 cm³/mol. The Morgan fingerprint density at radius 3 is 2.67 bits per heavy atom. The van der Waals surface area contributed by atoms with E-state index >= 15 is 0 Å². The van der Waals surface area contributed by atoms with Crippen molar-refractivity contribution < 1.29 is 45.6 Å². The molecule has 0 spiro atoms. The molecule has 0 aliphatic rings. The summed E-state index contributed by atoms with van der Waals surface area (Å²) in [6.45, 7) is 2.29. The first-order valence-electron chi connectivity index (χ1n) is 2.57. The quantitative estimate of drug-likeness (QED) is 0.352. The third-order valence-electron chi connectivity index (χ3n) is 0.574. The van der Waals surface area contributed by atoms with Crippen molar-refractivity contribution in [3.05, 3.63) is 0 Å². The molecule has 0 aromatic rings. The molecule has 4 heteroatoms. The number of aliphatic carboxylic acids is 1. The number of hydrogen-bond acceptors (Lipinski definition) is 2. The van der Waals surface area contributed by atoms with E-state index in [-0.39, 0.29) is 37.6 Å². The Bertz CT molecular complexity index is 79.3. The van der Waals surface area contributed by atoms with Gasteiger partial charge in [0.25, 0.3) is 0 Å². The van der Waals surface area contributed by atoms with Crippen LogP contribution in [0, 0.1) is 0 Å². The van der Waals surface area contributed by atoms with Crippen LogP contribution < -0.4 is 29.6 Å². The van der Waals surface area contributed by atoms with Crippen molar-refractivity contribution in [3.63, 3.8) is 0 Å². The SMILES string of the molecule is CCCOCC(=O)O.[H-].[Na+]. The molecule has 0 aliphatic carbocycles. The van der Waals surface area contributed by atoms with E-state index in [0.29, 0.717) is 6.61 Å². The summed E-state index contributed by atoms with van der Waals surface area (Å²) in [6.07, 6.45) is 0.868. The first-order valence-corrected chi connectivity index (χ1v) is 2.57. The zero-order valence-corrected chi connectivity index (χ0v) is 7.89. The second kappa shape index (κ2) is 8.43. The third kappa shape index (κ3) is 11.8. The van der Waals surface area contributed by atoms with Gasteiger partial charge in [-0.15, -0.1) is 0 Å². The molecule has 0 aliphatic heterocycles. The zero-order valence-electron chi connectivity index (χ0n) is 6.89. The minimum Gasteiger partial charge on any atom is -1.00 e. The summed E-state index contributed by atoms with van der Waals surface area (Å²) in [6, 6.07) is 0. The third-order valence-corrected chi connectivity index (χ3v) is 0.574. The molecule has 0 radical (unpaired) electrons. The van der Waals surface area contributed by atoms with Crippen LogP contribution in [0.15, 0.2) is 0 Å². The van der Waals surface area contributed by atoms with Gasteiger partial charge in [-0.2, -0.15) is 0 Å². The molecule has 0 bridgehead atoms. The van der Waals surface area contributed by atoms with Gasteiger partial charge in [0.05, 0.1) is 0 Å². The summed E-state index contributed by atoms with van der Waals surface area (Å²) in [7, 11) is 0. The molecule has 1 N–H and O–H groups in total. The van der Waals surface area contributed by atoms with Crippen molar-refractivity contribution in [2.45, 2.75) is 13.3 Å². The number of hydrogen-bond donors (Lipinski definition) is 1. The fraction of sp³-hybridized carbons (Fsp3) is 0.800. The molecule has 0 fully saturated rings. The van der Waals surface area contributed by atoms with E-state index in [9.17, 15) is 4.79 Å². The van der Waals surface area contributed by atoms with Crippen LogP contribution in [0.1, 0.15) is 14.8 Å². The number of ether oxygens (including phenoxy) is 1. The second-order valence-electron chi connectivity index (χ2n) is 1.45. The Labute approximate surface area is 78.2 Å². The summed E-state index contributed by atoms with van der Waals surface area (Å²) in [4.78, 5) is 9.75. The van der Waals surface area contributed by atoms with Gasteiger partial charge in [0.15, 0.2) is 0 Å². The number of carbonyl (C=O) groups is 1. The molecule has 0 aromatic carbocycles. The molecular weight excluding hydrogens is 131 g/mol. The van der Waals surface area contributed by atoms with Crippen molar-refractivity contribution >= 4 is 5.97 Å². The van der Waals surface area contributed by atoms with E-state index < -0.39 is 5.97 Å². The first kappa shape index (κ1) is 12.1. The van der Waals surface area contributed by atoms with E-state index in [0.717, 1.165) is 6.42 Å². The summed E-state index contributed by atoms with van der Waals surface area (Å²) in [5, 5.41) is 8.02. The van der Waals surface area contributed by atoms with Crippen molar-refractivity contribution in [2.24, 2.45) is 0 Å². The van der Waals surface area contributed by atoms with Crippen LogP contribution in [-0.4, -0.2) is 24.3 Å². The molecule has 0 aromatic heterocycles. The Morgan fingerprint density at radius 1 is 1.78 bits per heavy atom. The summed E-state index contributed by atoms with van der Waals surface area (Å²) in [5.41, 5.74) is 0. The maximum absolute atomic E-state index is 9.75. The molecule has 3 nitrogen and oxygen atoms in total. The normalized spacial score (nSPS) is 8.11. The van der Waals surface area contributed by atoms with Crippen molar-refractivity contribution in [3.8, 4) is 0 Å². The minimum absolute atomic E-state index is 0. The Morgan fingerprint density at radius 2 is 2.33 bits per heavy atom. The molecule has 50 valence electrons. The average Bonchev–Trinajstić information content (AvgIpc) is 1.66. The summed E-state index contributed by atoms with van der Waals surface area (Å²) >= 11 is 0. The van der Waals surface area contributed by atoms with Gasteiger partial charge in [0.1, 0.15) is 6.61 Å². The van der Waals surface area contributed by atoms with Crippen LogP contribution in [0.25, 0.3) is 0 Å². The summed E-state index contributed by atoms with van der Waals surface area (Å²) in [5.74, 6) is -0.904. The smallest absolute Gasteiger partial charge is 1.00 e. The van der Waals surface area contributed by atoms with Gasteiger partial charge < -0.3 is 11.3 Å². The number of carboxylic acids is 1. The van der Waals surface area contributed by atoms with Gasteiger partial charge in [-0.1, -0.05) is 6.92 Å². The molecule has 0 amide bonds. The first-order chi connectivity index (χ1) is 3.77. The van der Waals surface area contributed by atoms with Gasteiger partial charge in [0, 0.05) is 6.61 Å². The Kier molecular flexibility index (Phi) is 11.4. The van der Waals surface area contributed by atoms with Gasteiger partial charge in [0.2, 0.25) is 0 Å². The van der Waals surface area contributed by atoms with E-state index in [2.05, 4.69) is 4.74 Å². The monoisotopic (exact) mass is 142 g/mol. The second-order valence-corrected chi connectivity index (χ2v) is 1.45. The zero-order chi connectivity index (χ0) is 6.41. The predicted octanol–water partition coefficient (Wildman–Crippen LogP) is -2.39. The topological polar surface area (TPSA) is 46.5 Å². The van der Waals surface area contributed by atoms with Crippen LogP contribution in [-0.2, 0) is 9.53 Å². The molecule has 0 heterocycles. The Balaban J connectivity index is -0.000000245. The van der Waals surface area contributed by atoms with Crippen LogP contribution in [0.3, 0.4) is 0 Å². The van der Waals surface area contributed by atoms with Crippen molar-refractivity contribution in [1.29, 1.82) is 0 Å². The van der Waals surface area contributed by atoms with Gasteiger partial charge in [-0.25, -0.2) is 4.79 Å². The number of rotatable bonds is 4. The van der Waals surface area contributed by atoms with Crippen molar-refractivity contribution in [1.82, 2.24) is 0 Å². The van der Waals surface area contributed by atoms with E-state index in [1.54, 1.807) is 0 Å². The van der Waals surface area contributed by atoms with Crippen LogP contribution in [0.4, 0.5) is 0 Å². The van der Waals surface area contributed by atoms with Crippen LogP contribution in [0.5, 0.6) is 0 Å². The largest absolute Gasteiger partial charge is 1.00 e. The maximum atomic E-state index is 9.75. The number of carboxylic acid groups (broad SMARTS) is 1. The minimum atomic E-state index is -0.904. The molecule has 9 heavy (non-hydrogen) atoms. The molecule has 0 saturated heterocycles. The fourth-order valence-electron chi connectivity index (χ4n) is 0.304. The van der Waals surface area contributed by atoms with Gasteiger partial charge >= 0.3 is 35.5 Å². The molecule has 0 atom stereocenters. The van der Waals surface area contributed by atoms with Gasteiger partial charge in [-0.3, -0.25) is 0 Å². The van der Waals surface area contributed by atoms with E-state index in [1.807, 2.05) is 6.92 Å². The summed E-state index contributed by atoms with van der Waals surface area (Å²) < 4.78 is 4.64. The van der Waals surface area contributed by atoms with Crippen molar-refractivity contribution in [2.75, 3.05) is 13.2 Å². The van der Waals surface area contributed by atoms with Crippen LogP contribution in [0.2, 0.25) is 0 Å². The molecule has 0 rings (SSSR count). The maximum Gasteiger partial charge on any atom is 1.00 e. The fourth-order valence-corrected chi connectivity index (χ4v) is 0.304. The van der Waals surface area contributed by atoms with E-state index in [4.69, 9.17) is 5.11 Å². The Hall–Kier alpha value is 0.430. The standard InChI is InChI=1S/C5H10O3.Na.H/c1-2-3-8-4-5(6)7;;/h2-4H2,1H3,(H,6,7);;/q;+1;-1.